The first kappa shape index (κ1) is 14.5. The lowest BCUT2D eigenvalue weighted by atomic mass is 10.2. The maximum atomic E-state index is 11.7. The summed E-state index contributed by atoms with van der Waals surface area (Å²) < 4.78 is 4.84. The standard InChI is InChI=1S/C13H21N3O2/c1-18-9-6-15-13(17)12(10-14)11-16-7-4-2-3-5-8-16/h11H,2-9H2,1H3,(H,15,17)/b12-11-. The molecule has 0 saturated carbocycles. The Morgan fingerprint density at radius 3 is 2.61 bits per heavy atom. The quantitative estimate of drug-likeness (QED) is 0.450. The minimum absolute atomic E-state index is 0.174. The van der Waals surface area contributed by atoms with Crippen LogP contribution < -0.4 is 5.32 Å². The van der Waals surface area contributed by atoms with E-state index in [0.29, 0.717) is 13.2 Å². The van der Waals surface area contributed by atoms with Crippen LogP contribution in [-0.4, -0.2) is 44.2 Å². The minimum atomic E-state index is -0.321. The summed E-state index contributed by atoms with van der Waals surface area (Å²) in [4.78, 5) is 13.8. The number of likely N-dealkylation sites (tertiary alicyclic amines) is 1. The molecule has 18 heavy (non-hydrogen) atoms. The molecule has 1 amide bonds. The van der Waals surface area contributed by atoms with E-state index < -0.39 is 0 Å². The second-order valence-electron chi connectivity index (χ2n) is 4.35. The number of rotatable bonds is 5. The van der Waals surface area contributed by atoms with Gasteiger partial charge in [0.15, 0.2) is 0 Å². The van der Waals surface area contributed by atoms with Crippen molar-refractivity contribution in [1.82, 2.24) is 10.2 Å². The largest absolute Gasteiger partial charge is 0.383 e. The van der Waals surface area contributed by atoms with E-state index in [9.17, 15) is 4.79 Å². The summed E-state index contributed by atoms with van der Waals surface area (Å²) in [6, 6.07) is 1.96. The van der Waals surface area contributed by atoms with Gasteiger partial charge < -0.3 is 15.0 Å². The maximum Gasteiger partial charge on any atom is 0.263 e. The lowest BCUT2D eigenvalue weighted by molar-refractivity contribution is -0.117. The van der Waals surface area contributed by atoms with Crippen molar-refractivity contribution in [3.05, 3.63) is 11.8 Å². The van der Waals surface area contributed by atoms with E-state index in [4.69, 9.17) is 10.00 Å². The summed E-state index contributed by atoms with van der Waals surface area (Å²) in [7, 11) is 1.57. The zero-order valence-electron chi connectivity index (χ0n) is 10.9. The highest BCUT2D eigenvalue weighted by Gasteiger charge is 2.12. The van der Waals surface area contributed by atoms with Gasteiger partial charge in [-0.25, -0.2) is 0 Å². The number of carbonyl (C=O) groups excluding carboxylic acids is 1. The van der Waals surface area contributed by atoms with E-state index in [1.165, 1.54) is 12.8 Å². The van der Waals surface area contributed by atoms with Crippen LogP contribution in [0.1, 0.15) is 25.7 Å². The van der Waals surface area contributed by atoms with Crippen LogP contribution in [0.2, 0.25) is 0 Å². The van der Waals surface area contributed by atoms with Gasteiger partial charge in [0.25, 0.3) is 5.91 Å². The number of hydrogen-bond donors (Lipinski definition) is 1. The first-order chi connectivity index (χ1) is 8.77. The van der Waals surface area contributed by atoms with Crippen molar-refractivity contribution in [1.29, 1.82) is 5.26 Å². The van der Waals surface area contributed by atoms with Gasteiger partial charge in [0.05, 0.1) is 6.61 Å². The Kier molecular flexibility index (Phi) is 6.89. The monoisotopic (exact) mass is 251 g/mol. The maximum absolute atomic E-state index is 11.7. The van der Waals surface area contributed by atoms with Crippen molar-refractivity contribution < 1.29 is 9.53 Å². The Morgan fingerprint density at radius 2 is 2.06 bits per heavy atom. The van der Waals surface area contributed by atoms with Crippen molar-refractivity contribution >= 4 is 5.91 Å². The molecule has 0 aromatic heterocycles. The van der Waals surface area contributed by atoms with E-state index >= 15 is 0 Å². The smallest absolute Gasteiger partial charge is 0.263 e. The number of nitrogens with one attached hydrogen (secondary N) is 1. The summed E-state index contributed by atoms with van der Waals surface area (Å²) in [6.45, 7) is 2.73. The number of nitriles is 1. The van der Waals surface area contributed by atoms with Crippen molar-refractivity contribution in [3.63, 3.8) is 0 Å². The highest BCUT2D eigenvalue weighted by molar-refractivity contribution is 5.97. The number of amides is 1. The van der Waals surface area contributed by atoms with Crippen molar-refractivity contribution in [2.45, 2.75) is 25.7 Å². The molecule has 1 saturated heterocycles. The molecule has 1 heterocycles. The minimum Gasteiger partial charge on any atom is -0.383 e. The van der Waals surface area contributed by atoms with Crippen molar-refractivity contribution in [3.8, 4) is 6.07 Å². The average molecular weight is 251 g/mol. The summed E-state index contributed by atoms with van der Waals surface area (Å²) >= 11 is 0. The predicted octanol–water partition coefficient (Wildman–Crippen LogP) is 1.03. The molecule has 0 spiro atoms. The summed E-state index contributed by atoms with van der Waals surface area (Å²) in [5, 5.41) is 11.7. The van der Waals surface area contributed by atoms with Crippen molar-refractivity contribution in [2.24, 2.45) is 0 Å². The van der Waals surface area contributed by atoms with Gasteiger partial charge in [0, 0.05) is 32.9 Å². The van der Waals surface area contributed by atoms with Gasteiger partial charge in [-0.3, -0.25) is 4.79 Å². The van der Waals surface area contributed by atoms with Gasteiger partial charge in [-0.05, 0) is 12.8 Å². The van der Waals surface area contributed by atoms with E-state index in [-0.39, 0.29) is 11.5 Å². The molecule has 0 aromatic rings. The normalized spacial score (nSPS) is 16.9. The first-order valence-electron chi connectivity index (χ1n) is 6.41. The molecule has 0 unspecified atom stereocenters. The summed E-state index contributed by atoms with van der Waals surface area (Å²) in [5.41, 5.74) is 0.174. The van der Waals surface area contributed by atoms with Gasteiger partial charge in [0.1, 0.15) is 11.6 Å². The van der Waals surface area contributed by atoms with E-state index in [2.05, 4.69) is 10.2 Å². The third kappa shape index (κ3) is 5.19. The number of carbonyl (C=O) groups is 1. The van der Waals surface area contributed by atoms with Crippen LogP contribution in [0.3, 0.4) is 0 Å². The Bertz CT molecular complexity index is 326. The number of methoxy groups -OCH3 is 1. The fraction of sp³-hybridized carbons (Fsp3) is 0.692. The first-order valence-corrected chi connectivity index (χ1v) is 6.41. The molecule has 0 bridgehead atoms. The highest BCUT2D eigenvalue weighted by atomic mass is 16.5. The number of ether oxygens (including phenoxy) is 1. The molecule has 1 fully saturated rings. The van der Waals surface area contributed by atoms with Crippen LogP contribution in [0.15, 0.2) is 11.8 Å². The van der Waals surface area contributed by atoms with Gasteiger partial charge in [-0.15, -0.1) is 0 Å². The molecule has 0 aliphatic carbocycles. The second-order valence-corrected chi connectivity index (χ2v) is 4.35. The topological polar surface area (TPSA) is 65.4 Å². The van der Waals surface area contributed by atoms with Crippen LogP contribution in [0.25, 0.3) is 0 Å². The van der Waals surface area contributed by atoms with Gasteiger partial charge >= 0.3 is 0 Å². The summed E-state index contributed by atoms with van der Waals surface area (Å²) in [5.74, 6) is -0.321. The molecule has 0 aromatic carbocycles. The molecule has 1 aliphatic heterocycles. The fourth-order valence-corrected chi connectivity index (χ4v) is 1.91. The zero-order chi connectivity index (χ0) is 13.2. The molecule has 0 radical (unpaired) electrons. The fourth-order valence-electron chi connectivity index (χ4n) is 1.91. The average Bonchev–Trinajstić information content (AvgIpc) is 2.64. The lowest BCUT2D eigenvalue weighted by Crippen LogP contribution is -2.29. The Balaban J connectivity index is 2.52. The van der Waals surface area contributed by atoms with E-state index in [1.54, 1.807) is 13.3 Å². The molecular weight excluding hydrogens is 230 g/mol. The van der Waals surface area contributed by atoms with Crippen LogP contribution in [0, 0.1) is 11.3 Å². The Morgan fingerprint density at radius 1 is 1.39 bits per heavy atom. The lowest BCUT2D eigenvalue weighted by Gasteiger charge is -2.17. The Hall–Kier alpha value is -1.54. The molecule has 5 heteroatoms. The number of nitrogens with zero attached hydrogens (tertiary/aromatic N) is 2. The van der Waals surface area contributed by atoms with Crippen molar-refractivity contribution in [2.75, 3.05) is 33.4 Å². The van der Waals surface area contributed by atoms with Gasteiger partial charge in [0.2, 0.25) is 0 Å². The molecule has 1 rings (SSSR count). The highest BCUT2D eigenvalue weighted by Crippen LogP contribution is 2.11. The van der Waals surface area contributed by atoms with Crippen LogP contribution in [-0.2, 0) is 9.53 Å². The number of hydrogen-bond acceptors (Lipinski definition) is 4. The molecule has 1 aliphatic rings. The summed E-state index contributed by atoms with van der Waals surface area (Å²) in [6.07, 6.45) is 6.40. The molecule has 0 atom stereocenters. The second kappa shape index (κ2) is 8.54. The van der Waals surface area contributed by atoms with Gasteiger partial charge in [-0.2, -0.15) is 5.26 Å². The Labute approximate surface area is 108 Å². The van der Waals surface area contributed by atoms with E-state index in [1.807, 2.05) is 6.07 Å². The van der Waals surface area contributed by atoms with Crippen LogP contribution >= 0.6 is 0 Å². The van der Waals surface area contributed by atoms with Crippen LogP contribution in [0.5, 0.6) is 0 Å². The molecular formula is C13H21N3O2. The predicted molar refractivity (Wildman–Crippen MR) is 68.6 cm³/mol. The molecule has 5 nitrogen and oxygen atoms in total. The molecule has 100 valence electrons. The third-order valence-electron chi connectivity index (χ3n) is 2.91. The third-order valence-corrected chi connectivity index (χ3v) is 2.91. The molecule has 1 N–H and O–H groups in total. The van der Waals surface area contributed by atoms with E-state index in [0.717, 1.165) is 25.9 Å². The van der Waals surface area contributed by atoms with Crippen LogP contribution in [0.4, 0.5) is 0 Å². The van der Waals surface area contributed by atoms with Gasteiger partial charge in [-0.1, -0.05) is 12.8 Å². The zero-order valence-corrected chi connectivity index (χ0v) is 10.9. The SMILES string of the molecule is COCCNC(=O)/C(C#N)=C\N1CCCCCC1.